The van der Waals surface area contributed by atoms with Gasteiger partial charge in [0, 0.05) is 0 Å². The van der Waals surface area contributed by atoms with E-state index in [2.05, 4.69) is 27.9 Å². The van der Waals surface area contributed by atoms with E-state index in [0.717, 1.165) is 0 Å². The molecule has 0 N–H and O–H groups in total. The molecular formula is C5H5As. The minimum absolute atomic E-state index is 0.438. The average Bonchev–Trinajstić information content (AvgIpc) is 1.72. The number of hydrogen-bond acceptors (Lipinski definition) is 0. The molecule has 0 unspecified atom stereocenters. The third kappa shape index (κ3) is 0.947. The van der Waals surface area contributed by atoms with Crippen LogP contribution >= 0.6 is 0 Å². The molecular weight excluding hydrogens is 135 g/mol. The van der Waals surface area contributed by atoms with Crippen LogP contribution in [-0.4, -0.2) is 20.1 Å². The second-order valence-electron chi connectivity index (χ2n) is 1.02. The first-order valence-corrected chi connectivity index (χ1v) is 4.02. The first kappa shape index (κ1) is 4.08. The van der Waals surface area contributed by atoms with Crippen LogP contribution in [0.15, 0.2) is 23.1 Å². The Bertz CT molecular complexity index is 73.3. The molecule has 1 heteroatoms. The zero-order valence-electron chi connectivity index (χ0n) is 3.33. The predicted octanol–water partition coefficient (Wildman–Crippen LogP) is 0.576. The summed E-state index contributed by atoms with van der Waals surface area (Å²) in [7, 11) is 0. The molecule has 0 bridgehead atoms. The van der Waals surface area contributed by atoms with Crippen LogP contribution in [0.2, 0.25) is 0 Å². The van der Waals surface area contributed by atoms with Crippen molar-refractivity contribution in [1.82, 2.24) is 0 Å². The molecule has 0 amide bonds. The first-order chi connectivity index (χ1) is 3.00. The predicted molar refractivity (Wildman–Crippen MR) is 30.1 cm³/mol. The van der Waals surface area contributed by atoms with Crippen molar-refractivity contribution in [3.8, 4) is 0 Å². The van der Waals surface area contributed by atoms with Crippen LogP contribution in [0.3, 0.4) is 0 Å². The topological polar surface area (TPSA) is 0 Å². The van der Waals surface area contributed by atoms with Crippen molar-refractivity contribution in [2.24, 2.45) is 0 Å². The molecule has 0 radical (unpaired) electrons. The van der Waals surface area contributed by atoms with Crippen molar-refractivity contribution in [3.05, 3.63) is 23.1 Å². The van der Waals surface area contributed by atoms with Crippen molar-refractivity contribution in [2.45, 2.75) is 0 Å². The van der Waals surface area contributed by atoms with Gasteiger partial charge in [0.2, 0.25) is 0 Å². The fourth-order valence-corrected chi connectivity index (χ4v) is 1.36. The molecule has 0 aliphatic carbocycles. The van der Waals surface area contributed by atoms with Crippen LogP contribution < -0.4 is 0 Å². The Hall–Kier alpha value is -0.0916. The summed E-state index contributed by atoms with van der Waals surface area (Å²) in [5.41, 5.74) is 0. The summed E-state index contributed by atoms with van der Waals surface area (Å²) in [5.74, 6) is 0. The molecule has 0 spiro atoms. The summed E-state index contributed by atoms with van der Waals surface area (Å²) in [6.45, 7) is 0. The minimum atomic E-state index is 0.438. The number of hydrogen-bond donors (Lipinski definition) is 0. The van der Waals surface area contributed by atoms with Crippen molar-refractivity contribution in [3.63, 3.8) is 0 Å². The fourth-order valence-electron chi connectivity index (χ4n) is 0.313. The Labute approximate surface area is 43.8 Å². The zero-order valence-corrected chi connectivity index (χ0v) is 5.21. The number of rotatable bonds is 0. The molecule has 0 aromatic carbocycles. The van der Waals surface area contributed by atoms with Gasteiger partial charge in [-0.15, -0.1) is 0 Å². The molecule has 6 heavy (non-hydrogen) atoms. The Balaban J connectivity index is 2.77. The van der Waals surface area contributed by atoms with Crippen molar-refractivity contribution in [1.29, 1.82) is 0 Å². The molecule has 1 aliphatic heterocycles. The van der Waals surface area contributed by atoms with Crippen LogP contribution in [0.1, 0.15) is 0 Å². The van der Waals surface area contributed by atoms with E-state index >= 15 is 0 Å². The molecule has 30 valence electrons. The first-order valence-electron chi connectivity index (χ1n) is 1.85. The molecule has 0 nitrogen and oxygen atoms in total. The molecule has 1 rings (SSSR count). The van der Waals surface area contributed by atoms with E-state index in [9.17, 15) is 0 Å². The van der Waals surface area contributed by atoms with E-state index in [1.54, 1.807) is 0 Å². The molecule has 1 heterocycles. The standard InChI is InChI=1S/C5H5As/c1-2-4-6-5-3-1/h1-5H. The third-order valence-electron chi connectivity index (χ3n) is 0.566. The Morgan fingerprint density at radius 2 is 2.00 bits per heavy atom. The van der Waals surface area contributed by atoms with Crippen LogP contribution in [-0.2, 0) is 0 Å². The van der Waals surface area contributed by atoms with Gasteiger partial charge in [-0.25, -0.2) is 0 Å². The van der Waals surface area contributed by atoms with E-state index in [0.29, 0.717) is 15.3 Å². The summed E-state index contributed by atoms with van der Waals surface area (Å²) in [4.78, 5) is 4.44. The summed E-state index contributed by atoms with van der Waals surface area (Å²) in [6, 6.07) is 0. The van der Waals surface area contributed by atoms with Gasteiger partial charge in [-0.1, -0.05) is 0 Å². The van der Waals surface area contributed by atoms with Crippen LogP contribution in [0.25, 0.3) is 0 Å². The molecule has 0 aromatic heterocycles. The summed E-state index contributed by atoms with van der Waals surface area (Å²) >= 11 is 0.438. The van der Waals surface area contributed by atoms with Crippen LogP contribution in [0, 0.1) is 0 Å². The Kier molecular flexibility index (Phi) is 1.46. The van der Waals surface area contributed by atoms with E-state index < -0.39 is 0 Å². The molecule has 0 saturated heterocycles. The summed E-state index contributed by atoms with van der Waals surface area (Å²) in [5, 5.41) is 0. The average molecular weight is 140 g/mol. The van der Waals surface area contributed by atoms with Gasteiger partial charge < -0.3 is 0 Å². The third-order valence-corrected chi connectivity index (χ3v) is 2.01. The van der Waals surface area contributed by atoms with Gasteiger partial charge in [0.1, 0.15) is 0 Å². The van der Waals surface area contributed by atoms with Crippen LogP contribution in [0.4, 0.5) is 0 Å². The van der Waals surface area contributed by atoms with Gasteiger partial charge in [0.15, 0.2) is 0 Å². The van der Waals surface area contributed by atoms with Crippen molar-refractivity contribution >= 4 is 20.1 Å². The maximum absolute atomic E-state index is 2.22. The second-order valence-corrected chi connectivity index (χ2v) is 2.90. The molecule has 1 aliphatic rings. The van der Waals surface area contributed by atoms with Crippen molar-refractivity contribution < 1.29 is 0 Å². The molecule has 0 atom stereocenters. The normalized spacial score (nSPS) is 18.7. The van der Waals surface area contributed by atoms with Gasteiger partial charge in [-0.3, -0.25) is 0 Å². The van der Waals surface area contributed by atoms with Gasteiger partial charge >= 0.3 is 43.2 Å². The monoisotopic (exact) mass is 140 g/mol. The van der Waals surface area contributed by atoms with Gasteiger partial charge in [0.25, 0.3) is 0 Å². The molecule has 0 saturated carbocycles. The SMILES string of the molecule is C1=CC=[As]C=C1. The van der Waals surface area contributed by atoms with Gasteiger partial charge in [0.05, 0.1) is 0 Å². The van der Waals surface area contributed by atoms with Gasteiger partial charge in [-0.2, -0.15) is 0 Å². The summed E-state index contributed by atoms with van der Waals surface area (Å²) in [6.07, 6.45) is 6.25. The van der Waals surface area contributed by atoms with E-state index in [-0.39, 0.29) is 0 Å². The Morgan fingerprint density at radius 1 is 1.00 bits per heavy atom. The van der Waals surface area contributed by atoms with Crippen molar-refractivity contribution in [2.75, 3.05) is 0 Å². The summed E-state index contributed by atoms with van der Waals surface area (Å²) < 4.78 is 0. The van der Waals surface area contributed by atoms with Gasteiger partial charge in [-0.05, 0) is 0 Å². The molecule has 0 fully saturated rings. The zero-order chi connectivity index (χ0) is 4.24. The quantitative estimate of drug-likeness (QED) is 0.431. The second kappa shape index (κ2) is 2.15. The fraction of sp³-hybridized carbons (Fsp3) is 0. The number of allylic oxidation sites excluding steroid dienone is 3. The van der Waals surface area contributed by atoms with E-state index in [1.807, 2.05) is 0 Å². The molecule has 0 aromatic rings. The van der Waals surface area contributed by atoms with E-state index in [1.165, 1.54) is 0 Å². The maximum atomic E-state index is 2.22. The van der Waals surface area contributed by atoms with E-state index in [4.69, 9.17) is 0 Å². The van der Waals surface area contributed by atoms with Crippen LogP contribution in [0.5, 0.6) is 0 Å². The Morgan fingerprint density at radius 3 is 2.17 bits per heavy atom.